The van der Waals surface area contributed by atoms with Crippen molar-refractivity contribution < 1.29 is 14.7 Å². The van der Waals surface area contributed by atoms with E-state index in [-0.39, 0.29) is 23.9 Å². The molecule has 3 amide bonds. The molecule has 0 bridgehead atoms. The average molecular weight is 560 g/mol. The SMILES string of the molecule is Cc1ccc(CN2C(=O)N/C(=C/c3cc(I)c(O)c(I)c3)C2=O)cc1. The van der Waals surface area contributed by atoms with Gasteiger partial charge in [0.15, 0.2) is 0 Å². The molecular weight excluding hydrogens is 546 g/mol. The van der Waals surface area contributed by atoms with Crippen molar-refractivity contribution in [2.24, 2.45) is 0 Å². The van der Waals surface area contributed by atoms with Crippen LogP contribution in [-0.4, -0.2) is 21.9 Å². The van der Waals surface area contributed by atoms with Gasteiger partial charge in [0.05, 0.1) is 13.7 Å². The Bertz CT molecular complexity index is 869. The Morgan fingerprint density at radius 3 is 2.32 bits per heavy atom. The largest absolute Gasteiger partial charge is 0.506 e. The lowest BCUT2D eigenvalue weighted by Crippen LogP contribution is -2.30. The number of benzene rings is 2. The van der Waals surface area contributed by atoms with E-state index in [1.807, 2.05) is 76.4 Å². The third-order valence-corrected chi connectivity index (χ3v) is 5.42. The molecular formula is C18H14I2N2O3. The van der Waals surface area contributed by atoms with Crippen LogP contribution < -0.4 is 5.32 Å². The van der Waals surface area contributed by atoms with Crippen molar-refractivity contribution >= 4 is 63.2 Å². The molecule has 7 heteroatoms. The summed E-state index contributed by atoms with van der Waals surface area (Å²) in [5, 5.41) is 12.4. The molecule has 2 aromatic rings. The number of hydrogen-bond acceptors (Lipinski definition) is 3. The molecule has 1 aliphatic heterocycles. The third kappa shape index (κ3) is 3.97. The van der Waals surface area contributed by atoms with Crippen molar-refractivity contribution in [1.82, 2.24) is 10.2 Å². The maximum atomic E-state index is 12.5. The highest BCUT2D eigenvalue weighted by Gasteiger charge is 2.33. The van der Waals surface area contributed by atoms with E-state index in [0.717, 1.165) is 16.7 Å². The number of nitrogens with one attached hydrogen (secondary N) is 1. The van der Waals surface area contributed by atoms with E-state index in [4.69, 9.17) is 0 Å². The molecule has 0 spiro atoms. The number of urea groups is 1. The summed E-state index contributed by atoms with van der Waals surface area (Å²) in [5.41, 5.74) is 2.99. The van der Waals surface area contributed by atoms with Crippen LogP contribution in [0.5, 0.6) is 5.75 Å². The number of phenols is 1. The molecule has 0 saturated carbocycles. The van der Waals surface area contributed by atoms with Gasteiger partial charge in [-0.2, -0.15) is 0 Å². The van der Waals surface area contributed by atoms with Gasteiger partial charge in [-0.25, -0.2) is 4.79 Å². The molecule has 2 N–H and O–H groups in total. The molecule has 0 unspecified atom stereocenters. The zero-order valence-corrected chi connectivity index (χ0v) is 17.5. The maximum Gasteiger partial charge on any atom is 0.329 e. The first-order valence-electron chi connectivity index (χ1n) is 7.43. The molecule has 3 rings (SSSR count). The highest BCUT2D eigenvalue weighted by molar-refractivity contribution is 14.1. The van der Waals surface area contributed by atoms with Crippen LogP contribution in [0.1, 0.15) is 16.7 Å². The fourth-order valence-corrected chi connectivity index (χ4v) is 4.24. The molecule has 1 fully saturated rings. The molecule has 0 aromatic heterocycles. The van der Waals surface area contributed by atoms with Crippen molar-refractivity contribution in [3.8, 4) is 5.75 Å². The predicted molar refractivity (Wildman–Crippen MR) is 112 cm³/mol. The topological polar surface area (TPSA) is 69.6 Å². The summed E-state index contributed by atoms with van der Waals surface area (Å²) >= 11 is 4.05. The minimum Gasteiger partial charge on any atom is -0.506 e. The fourth-order valence-electron chi connectivity index (χ4n) is 2.43. The van der Waals surface area contributed by atoms with Crippen LogP contribution in [-0.2, 0) is 11.3 Å². The van der Waals surface area contributed by atoms with Crippen LogP contribution >= 0.6 is 45.2 Å². The number of carbonyl (C=O) groups is 2. The smallest absolute Gasteiger partial charge is 0.329 e. The summed E-state index contributed by atoms with van der Waals surface area (Å²) in [6.45, 7) is 2.21. The number of carbonyl (C=O) groups excluding carboxylic acids is 2. The number of amides is 3. The minimum absolute atomic E-state index is 0.214. The third-order valence-electron chi connectivity index (χ3n) is 3.77. The van der Waals surface area contributed by atoms with E-state index in [1.54, 1.807) is 18.2 Å². The molecule has 2 aromatic carbocycles. The van der Waals surface area contributed by atoms with Crippen LogP contribution in [0.4, 0.5) is 4.79 Å². The molecule has 5 nitrogen and oxygen atoms in total. The van der Waals surface area contributed by atoms with Crippen LogP contribution in [0, 0.1) is 14.1 Å². The molecule has 128 valence electrons. The summed E-state index contributed by atoms with van der Waals surface area (Å²) in [7, 11) is 0. The van der Waals surface area contributed by atoms with Crippen LogP contribution in [0.3, 0.4) is 0 Å². The Labute approximate surface area is 172 Å². The highest BCUT2D eigenvalue weighted by atomic mass is 127. The normalized spacial score (nSPS) is 15.8. The molecule has 1 aliphatic rings. The quantitative estimate of drug-likeness (QED) is 0.339. The second-order valence-electron chi connectivity index (χ2n) is 5.70. The lowest BCUT2D eigenvalue weighted by molar-refractivity contribution is -0.123. The van der Waals surface area contributed by atoms with Crippen LogP contribution in [0.2, 0.25) is 0 Å². The van der Waals surface area contributed by atoms with E-state index in [0.29, 0.717) is 7.14 Å². The monoisotopic (exact) mass is 560 g/mol. The second-order valence-corrected chi connectivity index (χ2v) is 8.02. The van der Waals surface area contributed by atoms with Gasteiger partial charge in [-0.1, -0.05) is 29.8 Å². The molecule has 0 aliphatic carbocycles. The van der Waals surface area contributed by atoms with Gasteiger partial charge in [0.2, 0.25) is 0 Å². The van der Waals surface area contributed by atoms with Gasteiger partial charge >= 0.3 is 6.03 Å². The number of phenolic OH excluding ortho intramolecular Hbond substituents is 1. The summed E-state index contributed by atoms with van der Waals surface area (Å²) in [6.07, 6.45) is 1.62. The van der Waals surface area contributed by atoms with E-state index in [2.05, 4.69) is 5.32 Å². The first kappa shape index (κ1) is 18.2. The van der Waals surface area contributed by atoms with E-state index in [1.165, 1.54) is 4.90 Å². The Hall–Kier alpha value is -1.62. The number of nitrogens with zero attached hydrogens (tertiary/aromatic N) is 1. The number of aromatic hydroxyl groups is 1. The zero-order valence-electron chi connectivity index (χ0n) is 13.2. The van der Waals surface area contributed by atoms with E-state index < -0.39 is 6.03 Å². The van der Waals surface area contributed by atoms with Crippen LogP contribution in [0.15, 0.2) is 42.1 Å². The molecule has 0 atom stereocenters. The lowest BCUT2D eigenvalue weighted by atomic mass is 10.1. The number of rotatable bonds is 3. The molecule has 1 saturated heterocycles. The zero-order chi connectivity index (χ0) is 18.1. The Morgan fingerprint density at radius 1 is 1.12 bits per heavy atom. The minimum atomic E-state index is -0.431. The summed E-state index contributed by atoms with van der Waals surface area (Å²) in [4.78, 5) is 25.9. The Kier molecular flexibility index (Phi) is 5.32. The van der Waals surface area contributed by atoms with Crippen molar-refractivity contribution in [2.75, 3.05) is 0 Å². The van der Waals surface area contributed by atoms with E-state index >= 15 is 0 Å². The van der Waals surface area contributed by atoms with Crippen molar-refractivity contribution in [3.05, 3.63) is 65.9 Å². The standard InChI is InChI=1S/C18H14I2N2O3/c1-10-2-4-11(5-3-10)9-22-17(24)15(21-18(22)25)8-12-6-13(19)16(23)14(20)7-12/h2-8,23H,9H2,1H3,(H,21,25)/b15-8+. The Morgan fingerprint density at radius 2 is 1.72 bits per heavy atom. The summed E-state index contributed by atoms with van der Waals surface area (Å²) in [5.74, 6) is -0.144. The van der Waals surface area contributed by atoms with Gasteiger partial charge in [-0.3, -0.25) is 9.69 Å². The lowest BCUT2D eigenvalue weighted by Gasteiger charge is -2.11. The van der Waals surface area contributed by atoms with Crippen LogP contribution in [0.25, 0.3) is 6.08 Å². The van der Waals surface area contributed by atoms with Crippen molar-refractivity contribution in [2.45, 2.75) is 13.5 Å². The molecule has 25 heavy (non-hydrogen) atoms. The first-order valence-corrected chi connectivity index (χ1v) is 9.59. The Balaban J connectivity index is 1.84. The van der Waals surface area contributed by atoms with Gasteiger partial charge in [0, 0.05) is 0 Å². The number of aryl methyl sites for hydroxylation is 1. The van der Waals surface area contributed by atoms with Crippen molar-refractivity contribution in [1.29, 1.82) is 0 Å². The number of halogens is 2. The highest BCUT2D eigenvalue weighted by Crippen LogP contribution is 2.28. The van der Waals surface area contributed by atoms with E-state index in [9.17, 15) is 14.7 Å². The maximum absolute atomic E-state index is 12.5. The van der Waals surface area contributed by atoms with Gasteiger partial charge in [-0.05, 0) is 81.4 Å². The average Bonchev–Trinajstić information content (AvgIpc) is 2.82. The van der Waals surface area contributed by atoms with Crippen molar-refractivity contribution in [3.63, 3.8) is 0 Å². The molecule has 1 heterocycles. The predicted octanol–water partition coefficient (Wildman–Crippen LogP) is 4.00. The number of imide groups is 1. The van der Waals surface area contributed by atoms with Gasteiger partial charge in [-0.15, -0.1) is 0 Å². The van der Waals surface area contributed by atoms with Gasteiger partial charge in [0.25, 0.3) is 5.91 Å². The summed E-state index contributed by atoms with van der Waals surface area (Å²) in [6, 6.07) is 10.8. The summed E-state index contributed by atoms with van der Waals surface area (Å²) < 4.78 is 1.37. The fraction of sp³-hybridized carbons (Fsp3) is 0.111. The number of hydrogen-bond donors (Lipinski definition) is 2. The van der Waals surface area contributed by atoms with Gasteiger partial charge in [0.1, 0.15) is 11.4 Å². The van der Waals surface area contributed by atoms with Gasteiger partial charge < -0.3 is 10.4 Å². The first-order chi connectivity index (χ1) is 11.8. The second kappa shape index (κ2) is 7.32. The molecule has 0 radical (unpaired) electrons.